The molecule has 3 nitrogen and oxygen atoms in total. The molecule has 0 aliphatic heterocycles. The van der Waals surface area contributed by atoms with Crippen molar-refractivity contribution in [3.63, 3.8) is 0 Å². The van der Waals surface area contributed by atoms with Crippen LogP contribution >= 0.6 is 0 Å². The minimum atomic E-state index is -0.380. The summed E-state index contributed by atoms with van der Waals surface area (Å²) >= 11 is 0. The Balaban J connectivity index is 3.56. The van der Waals surface area contributed by atoms with E-state index in [1.807, 2.05) is 6.92 Å². The van der Waals surface area contributed by atoms with Gasteiger partial charge in [0, 0.05) is 18.3 Å². The third-order valence-corrected chi connectivity index (χ3v) is 1.80. The van der Waals surface area contributed by atoms with Crippen LogP contribution in [0.1, 0.15) is 33.6 Å². The highest BCUT2D eigenvalue weighted by Gasteiger charge is 2.15. The Morgan fingerprint density at radius 3 is 2.30 bits per heavy atom. The fourth-order valence-corrected chi connectivity index (χ4v) is 0.835. The summed E-state index contributed by atoms with van der Waals surface area (Å²) in [5.74, 6) is 0.473. The molecule has 0 saturated carbocycles. The number of nitrogens with zero attached hydrogens (tertiary/aromatic N) is 1. The third kappa shape index (κ3) is 3.43. The van der Waals surface area contributed by atoms with Crippen LogP contribution in [0.25, 0.3) is 0 Å². The van der Waals surface area contributed by atoms with Crippen LogP contribution < -0.4 is 0 Å². The molecule has 0 aromatic carbocycles. The van der Waals surface area contributed by atoms with Crippen LogP contribution in [0.4, 0.5) is 0 Å². The van der Waals surface area contributed by atoms with Gasteiger partial charge in [0.15, 0.2) is 0 Å². The molecule has 0 heterocycles. The summed E-state index contributed by atoms with van der Waals surface area (Å²) in [6.07, 6.45) is 1.72. The highest BCUT2D eigenvalue weighted by molar-refractivity contribution is 4.55. The lowest BCUT2D eigenvalue weighted by Crippen LogP contribution is -2.17. The topological polar surface area (TPSA) is 43.1 Å². The second kappa shape index (κ2) is 4.25. The van der Waals surface area contributed by atoms with Gasteiger partial charge in [-0.3, -0.25) is 10.1 Å². The van der Waals surface area contributed by atoms with Gasteiger partial charge in [-0.2, -0.15) is 0 Å². The summed E-state index contributed by atoms with van der Waals surface area (Å²) in [7, 11) is 0. The molecule has 0 aliphatic carbocycles. The first-order chi connectivity index (χ1) is 4.57. The molecule has 0 amide bonds. The summed E-state index contributed by atoms with van der Waals surface area (Å²) in [5, 5.41) is 10.2. The second-order valence-electron chi connectivity index (χ2n) is 2.88. The molecule has 0 spiro atoms. The minimum absolute atomic E-state index is 0.216. The van der Waals surface area contributed by atoms with E-state index in [2.05, 4.69) is 6.92 Å². The fourth-order valence-electron chi connectivity index (χ4n) is 0.835. The first kappa shape index (κ1) is 9.40. The Kier molecular flexibility index (Phi) is 4.00. The Bertz CT molecular complexity index is 114. The molecule has 2 atom stereocenters. The Hall–Kier alpha value is -0.600. The number of hydrogen-bond acceptors (Lipinski definition) is 2. The zero-order valence-corrected chi connectivity index (χ0v) is 6.83. The van der Waals surface area contributed by atoms with E-state index < -0.39 is 0 Å². The lowest BCUT2D eigenvalue weighted by Gasteiger charge is -2.08. The zero-order valence-electron chi connectivity index (χ0n) is 6.83. The molecule has 10 heavy (non-hydrogen) atoms. The minimum Gasteiger partial charge on any atom is -0.264 e. The number of nitro groups is 1. The van der Waals surface area contributed by atoms with E-state index in [0.29, 0.717) is 12.3 Å². The normalized spacial score (nSPS) is 16.3. The molecule has 0 fully saturated rings. The van der Waals surface area contributed by atoms with E-state index in [9.17, 15) is 10.1 Å². The van der Waals surface area contributed by atoms with Crippen molar-refractivity contribution in [3.05, 3.63) is 10.1 Å². The van der Waals surface area contributed by atoms with Crippen molar-refractivity contribution < 1.29 is 4.92 Å². The van der Waals surface area contributed by atoms with Crippen molar-refractivity contribution in [2.24, 2.45) is 5.92 Å². The van der Waals surface area contributed by atoms with E-state index >= 15 is 0 Å². The summed E-state index contributed by atoms with van der Waals surface area (Å²) in [6, 6.07) is -0.380. The molecule has 0 aromatic heterocycles. The molecule has 0 radical (unpaired) electrons. The summed E-state index contributed by atoms with van der Waals surface area (Å²) in [4.78, 5) is 9.94. The van der Waals surface area contributed by atoms with E-state index in [4.69, 9.17) is 0 Å². The molecule has 0 aliphatic rings. The Morgan fingerprint density at radius 2 is 2.00 bits per heavy atom. The summed E-state index contributed by atoms with van der Waals surface area (Å²) < 4.78 is 0. The van der Waals surface area contributed by atoms with Gasteiger partial charge in [0.05, 0.1) is 0 Å². The number of rotatable bonds is 4. The molecular weight excluding hydrogens is 130 g/mol. The molecule has 60 valence electrons. The van der Waals surface area contributed by atoms with Crippen molar-refractivity contribution >= 4 is 0 Å². The predicted molar refractivity (Wildman–Crippen MR) is 40.5 cm³/mol. The first-order valence-electron chi connectivity index (χ1n) is 3.71. The van der Waals surface area contributed by atoms with Crippen molar-refractivity contribution in [2.75, 3.05) is 0 Å². The van der Waals surface area contributed by atoms with E-state index in [1.54, 1.807) is 6.92 Å². The lowest BCUT2D eigenvalue weighted by molar-refractivity contribution is -0.520. The molecule has 0 aromatic rings. The third-order valence-electron chi connectivity index (χ3n) is 1.80. The summed E-state index contributed by atoms with van der Waals surface area (Å²) in [5.41, 5.74) is 0. The van der Waals surface area contributed by atoms with Gasteiger partial charge < -0.3 is 0 Å². The van der Waals surface area contributed by atoms with Crippen LogP contribution in [0.5, 0.6) is 0 Å². The number of hydrogen-bond donors (Lipinski definition) is 0. The van der Waals surface area contributed by atoms with Crippen LogP contribution in [0.2, 0.25) is 0 Å². The van der Waals surface area contributed by atoms with Crippen LogP contribution in [-0.2, 0) is 0 Å². The van der Waals surface area contributed by atoms with Crippen molar-refractivity contribution in [1.82, 2.24) is 0 Å². The lowest BCUT2D eigenvalue weighted by atomic mass is 10.0. The van der Waals surface area contributed by atoms with Crippen LogP contribution in [0.15, 0.2) is 0 Å². The van der Waals surface area contributed by atoms with E-state index in [-0.39, 0.29) is 11.0 Å². The van der Waals surface area contributed by atoms with Gasteiger partial charge in [0.1, 0.15) is 0 Å². The SMILES string of the molecule is CCC(C)CC(C)[N+](=O)[O-]. The Labute approximate surface area is 61.6 Å². The molecule has 0 N–H and O–H groups in total. The summed E-state index contributed by atoms with van der Waals surface area (Å²) in [6.45, 7) is 5.75. The van der Waals surface area contributed by atoms with Gasteiger partial charge in [0.25, 0.3) is 0 Å². The Morgan fingerprint density at radius 1 is 1.50 bits per heavy atom. The van der Waals surface area contributed by atoms with Crippen molar-refractivity contribution in [3.8, 4) is 0 Å². The van der Waals surface area contributed by atoms with Crippen LogP contribution in [0, 0.1) is 16.0 Å². The van der Waals surface area contributed by atoms with Gasteiger partial charge >= 0.3 is 0 Å². The quantitative estimate of drug-likeness (QED) is 0.449. The van der Waals surface area contributed by atoms with E-state index in [1.165, 1.54) is 0 Å². The fraction of sp³-hybridized carbons (Fsp3) is 1.00. The van der Waals surface area contributed by atoms with Gasteiger partial charge in [-0.15, -0.1) is 0 Å². The molecule has 0 saturated heterocycles. The predicted octanol–water partition coefficient (Wildman–Crippen LogP) is 2.09. The van der Waals surface area contributed by atoms with E-state index in [0.717, 1.165) is 6.42 Å². The van der Waals surface area contributed by atoms with Crippen molar-refractivity contribution in [2.45, 2.75) is 39.7 Å². The maximum Gasteiger partial charge on any atom is 0.210 e. The molecule has 0 bridgehead atoms. The van der Waals surface area contributed by atoms with Crippen LogP contribution in [0.3, 0.4) is 0 Å². The van der Waals surface area contributed by atoms with Crippen molar-refractivity contribution in [1.29, 1.82) is 0 Å². The highest BCUT2D eigenvalue weighted by Crippen LogP contribution is 2.10. The maximum absolute atomic E-state index is 10.2. The average molecular weight is 145 g/mol. The first-order valence-corrected chi connectivity index (χ1v) is 3.71. The highest BCUT2D eigenvalue weighted by atomic mass is 16.6. The van der Waals surface area contributed by atoms with Crippen LogP contribution in [-0.4, -0.2) is 11.0 Å². The second-order valence-corrected chi connectivity index (χ2v) is 2.88. The molecule has 0 rings (SSSR count). The molecule has 2 unspecified atom stereocenters. The van der Waals surface area contributed by atoms with Gasteiger partial charge in [-0.1, -0.05) is 20.3 Å². The van der Waals surface area contributed by atoms with Gasteiger partial charge in [0.2, 0.25) is 6.04 Å². The van der Waals surface area contributed by atoms with Gasteiger partial charge in [-0.05, 0) is 5.92 Å². The average Bonchev–Trinajstić information content (AvgIpc) is 1.87. The maximum atomic E-state index is 10.2. The van der Waals surface area contributed by atoms with Gasteiger partial charge in [-0.25, -0.2) is 0 Å². The zero-order chi connectivity index (χ0) is 8.15. The smallest absolute Gasteiger partial charge is 0.210 e. The standard InChI is InChI=1S/C7H15NO2/c1-4-6(2)5-7(3)8(9)10/h6-7H,4-5H2,1-3H3. The molecular formula is C7H15NO2. The monoisotopic (exact) mass is 145 g/mol. The molecule has 3 heteroatoms. The largest absolute Gasteiger partial charge is 0.264 e.